The van der Waals surface area contributed by atoms with E-state index in [1.165, 1.54) is 30.2 Å². The Kier molecular flexibility index (Phi) is 6.19. The molecule has 2 aromatic carbocycles. The van der Waals surface area contributed by atoms with Crippen LogP contribution in [0.15, 0.2) is 42.5 Å². The van der Waals surface area contributed by atoms with Gasteiger partial charge in [-0.15, -0.1) is 0 Å². The van der Waals surface area contributed by atoms with Crippen LogP contribution in [0.4, 0.5) is 5.69 Å². The van der Waals surface area contributed by atoms with Crippen LogP contribution in [-0.2, 0) is 0 Å². The van der Waals surface area contributed by atoms with Crippen LogP contribution >= 0.6 is 11.6 Å². The number of carbonyl (C=O) groups excluding carboxylic acids is 1. The van der Waals surface area contributed by atoms with Crippen LogP contribution in [0.5, 0.6) is 11.5 Å². The van der Waals surface area contributed by atoms with Gasteiger partial charge in [-0.1, -0.05) is 17.7 Å². The lowest BCUT2D eigenvalue weighted by Gasteiger charge is -2.17. The third-order valence-electron chi connectivity index (χ3n) is 3.46. The Bertz CT molecular complexity index is 781. The third-order valence-corrected chi connectivity index (χ3v) is 3.70. The summed E-state index contributed by atoms with van der Waals surface area (Å²) in [4.78, 5) is 24.3. The summed E-state index contributed by atoms with van der Waals surface area (Å²) in [6, 6.07) is 11.0. The molecule has 0 saturated carbocycles. The molecule has 1 amide bonds. The Hall–Kier alpha value is -2.80. The molecule has 0 bridgehead atoms. The quantitative estimate of drug-likeness (QED) is 0.555. The van der Waals surface area contributed by atoms with Crippen LogP contribution in [0.2, 0.25) is 5.02 Å². The van der Waals surface area contributed by atoms with Gasteiger partial charge in [-0.2, -0.15) is 0 Å². The van der Waals surface area contributed by atoms with Gasteiger partial charge in [0.25, 0.3) is 5.91 Å². The van der Waals surface area contributed by atoms with E-state index < -0.39 is 4.92 Å². The van der Waals surface area contributed by atoms with E-state index in [0.717, 1.165) is 0 Å². The molecule has 7 nitrogen and oxygen atoms in total. The Labute approximate surface area is 149 Å². The Morgan fingerprint density at radius 3 is 2.68 bits per heavy atom. The van der Waals surface area contributed by atoms with Crippen molar-refractivity contribution in [2.45, 2.75) is 0 Å². The number of amides is 1. The van der Waals surface area contributed by atoms with Crippen molar-refractivity contribution in [3.63, 3.8) is 0 Å². The van der Waals surface area contributed by atoms with Crippen molar-refractivity contribution in [2.24, 2.45) is 0 Å². The van der Waals surface area contributed by atoms with Crippen LogP contribution in [0.3, 0.4) is 0 Å². The number of benzene rings is 2. The van der Waals surface area contributed by atoms with Crippen LogP contribution in [0.25, 0.3) is 0 Å². The Morgan fingerprint density at radius 1 is 1.28 bits per heavy atom. The van der Waals surface area contributed by atoms with E-state index in [4.69, 9.17) is 21.1 Å². The van der Waals surface area contributed by atoms with E-state index in [1.807, 2.05) is 0 Å². The van der Waals surface area contributed by atoms with E-state index in [1.54, 1.807) is 31.3 Å². The van der Waals surface area contributed by atoms with Gasteiger partial charge in [-0.3, -0.25) is 14.9 Å². The minimum Gasteiger partial charge on any atom is -0.492 e. The molecular formula is C17H17ClN2O5. The number of nitrogens with zero attached hydrogens (tertiary/aromatic N) is 2. The van der Waals surface area contributed by atoms with Crippen LogP contribution < -0.4 is 9.47 Å². The van der Waals surface area contributed by atoms with Gasteiger partial charge in [-0.25, -0.2) is 0 Å². The number of halogens is 1. The van der Waals surface area contributed by atoms with Crippen molar-refractivity contribution >= 4 is 23.2 Å². The first-order chi connectivity index (χ1) is 11.9. The van der Waals surface area contributed by atoms with Gasteiger partial charge in [0.1, 0.15) is 12.4 Å². The Balaban J connectivity index is 1.99. The van der Waals surface area contributed by atoms with Crippen molar-refractivity contribution in [3.05, 3.63) is 63.2 Å². The summed E-state index contributed by atoms with van der Waals surface area (Å²) in [5.41, 5.74) is -0.0466. The van der Waals surface area contributed by atoms with Crippen molar-refractivity contribution in [1.29, 1.82) is 0 Å². The second-order valence-corrected chi connectivity index (χ2v) is 5.61. The minimum atomic E-state index is -0.585. The van der Waals surface area contributed by atoms with Crippen LogP contribution in [-0.4, -0.2) is 43.0 Å². The number of nitro benzene ring substituents is 1. The molecule has 0 heterocycles. The predicted molar refractivity (Wildman–Crippen MR) is 93.6 cm³/mol. The van der Waals surface area contributed by atoms with Crippen LogP contribution in [0.1, 0.15) is 10.4 Å². The summed E-state index contributed by atoms with van der Waals surface area (Å²) < 4.78 is 10.5. The Morgan fingerprint density at radius 2 is 2.04 bits per heavy atom. The molecule has 0 N–H and O–H groups in total. The molecule has 8 heteroatoms. The molecule has 2 rings (SSSR count). The highest BCUT2D eigenvalue weighted by atomic mass is 35.5. The molecular weight excluding hydrogens is 348 g/mol. The van der Waals surface area contributed by atoms with Crippen LogP contribution in [0, 0.1) is 10.1 Å². The average Bonchev–Trinajstić information content (AvgIpc) is 2.60. The number of hydrogen-bond donors (Lipinski definition) is 0. The highest BCUT2D eigenvalue weighted by Crippen LogP contribution is 2.27. The SMILES string of the molecule is COc1ccc(C(=O)N(C)CCOc2cccc(Cl)c2)cc1[N+](=O)[O-]. The molecule has 0 aromatic heterocycles. The molecule has 0 radical (unpaired) electrons. The van der Waals surface area contributed by atoms with E-state index in [0.29, 0.717) is 17.3 Å². The minimum absolute atomic E-state index is 0.105. The number of nitro groups is 1. The first-order valence-corrected chi connectivity index (χ1v) is 7.76. The molecule has 0 aliphatic carbocycles. The number of hydrogen-bond acceptors (Lipinski definition) is 5. The van der Waals surface area contributed by atoms with E-state index in [2.05, 4.69) is 0 Å². The summed E-state index contributed by atoms with van der Waals surface area (Å²) in [6.07, 6.45) is 0. The predicted octanol–water partition coefficient (Wildman–Crippen LogP) is 3.41. The molecule has 25 heavy (non-hydrogen) atoms. The largest absolute Gasteiger partial charge is 0.492 e. The van der Waals surface area contributed by atoms with Gasteiger partial charge in [0.05, 0.1) is 18.6 Å². The maximum atomic E-state index is 12.4. The zero-order valence-corrected chi connectivity index (χ0v) is 14.5. The van der Waals surface area contributed by atoms with Gasteiger partial charge in [0.15, 0.2) is 5.75 Å². The lowest BCUT2D eigenvalue weighted by Crippen LogP contribution is -2.30. The first-order valence-electron chi connectivity index (χ1n) is 7.38. The highest BCUT2D eigenvalue weighted by molar-refractivity contribution is 6.30. The van der Waals surface area contributed by atoms with E-state index >= 15 is 0 Å². The monoisotopic (exact) mass is 364 g/mol. The number of likely N-dealkylation sites (N-methyl/N-ethyl adjacent to an activating group) is 1. The number of ether oxygens (including phenoxy) is 2. The maximum absolute atomic E-state index is 12.4. The lowest BCUT2D eigenvalue weighted by molar-refractivity contribution is -0.385. The molecule has 2 aromatic rings. The van der Waals surface area contributed by atoms with Crippen molar-refractivity contribution in [1.82, 2.24) is 4.90 Å². The number of methoxy groups -OCH3 is 1. The molecule has 0 unspecified atom stereocenters. The van der Waals surface area contributed by atoms with Gasteiger partial charge in [0.2, 0.25) is 0 Å². The molecule has 0 saturated heterocycles. The fourth-order valence-corrected chi connectivity index (χ4v) is 2.33. The molecule has 0 spiro atoms. The first kappa shape index (κ1) is 18.5. The summed E-state index contributed by atoms with van der Waals surface area (Å²) in [7, 11) is 2.93. The van der Waals surface area contributed by atoms with Crippen molar-refractivity contribution < 1.29 is 19.2 Å². The lowest BCUT2D eigenvalue weighted by atomic mass is 10.1. The molecule has 132 valence electrons. The van der Waals surface area contributed by atoms with Gasteiger partial charge >= 0.3 is 5.69 Å². The highest BCUT2D eigenvalue weighted by Gasteiger charge is 2.20. The zero-order chi connectivity index (χ0) is 18.4. The molecule has 0 aliphatic heterocycles. The summed E-state index contributed by atoms with van der Waals surface area (Å²) >= 11 is 5.87. The third kappa shape index (κ3) is 4.84. The fourth-order valence-electron chi connectivity index (χ4n) is 2.14. The summed E-state index contributed by atoms with van der Waals surface area (Å²) in [5, 5.41) is 11.6. The maximum Gasteiger partial charge on any atom is 0.311 e. The topological polar surface area (TPSA) is 81.9 Å². The summed E-state index contributed by atoms with van der Waals surface area (Å²) in [5.74, 6) is 0.363. The smallest absolute Gasteiger partial charge is 0.311 e. The van der Waals surface area contributed by atoms with Crippen molar-refractivity contribution in [3.8, 4) is 11.5 Å². The average molecular weight is 365 g/mol. The van der Waals surface area contributed by atoms with Gasteiger partial charge < -0.3 is 14.4 Å². The number of rotatable bonds is 7. The summed E-state index contributed by atoms with van der Waals surface area (Å²) in [6.45, 7) is 0.575. The fraction of sp³-hybridized carbons (Fsp3) is 0.235. The number of carbonyl (C=O) groups is 1. The van der Waals surface area contributed by atoms with Crippen molar-refractivity contribution in [2.75, 3.05) is 27.3 Å². The second-order valence-electron chi connectivity index (χ2n) is 5.18. The standard InChI is InChI=1S/C17H17ClN2O5/c1-19(8-9-25-14-5-3-4-13(18)11-14)17(21)12-6-7-16(24-2)15(10-12)20(22)23/h3-7,10-11H,8-9H2,1-2H3. The van der Waals surface area contributed by atoms with Gasteiger partial charge in [-0.05, 0) is 30.3 Å². The second kappa shape index (κ2) is 8.34. The van der Waals surface area contributed by atoms with Gasteiger partial charge in [0, 0.05) is 23.7 Å². The molecule has 0 fully saturated rings. The normalized spacial score (nSPS) is 10.2. The molecule has 0 atom stereocenters. The zero-order valence-electron chi connectivity index (χ0n) is 13.8. The molecule has 0 aliphatic rings. The van der Waals surface area contributed by atoms with E-state index in [9.17, 15) is 14.9 Å². The van der Waals surface area contributed by atoms with E-state index in [-0.39, 0.29) is 29.5 Å².